The van der Waals surface area contributed by atoms with Crippen molar-refractivity contribution in [3.63, 3.8) is 0 Å². The van der Waals surface area contributed by atoms with Crippen LogP contribution in [0.5, 0.6) is 0 Å². The molecule has 0 radical (unpaired) electrons. The number of carbonyl (C=O) groups excluding carboxylic acids is 1. The van der Waals surface area contributed by atoms with Crippen molar-refractivity contribution in [2.75, 3.05) is 19.6 Å². The van der Waals surface area contributed by atoms with Crippen molar-refractivity contribution in [3.8, 4) is 0 Å². The van der Waals surface area contributed by atoms with E-state index in [2.05, 4.69) is 22.3 Å². The number of furan rings is 1. The maximum absolute atomic E-state index is 12.9. The Kier molecular flexibility index (Phi) is 4.62. The van der Waals surface area contributed by atoms with Gasteiger partial charge in [0, 0.05) is 6.54 Å². The van der Waals surface area contributed by atoms with Gasteiger partial charge in [-0.15, -0.1) is 0 Å². The molecule has 1 amide bonds. The molecule has 0 spiro atoms. The monoisotopic (exact) mass is 338 g/mol. The van der Waals surface area contributed by atoms with E-state index in [0.717, 1.165) is 37.3 Å². The molecular weight excluding hydrogens is 312 g/mol. The molecular formula is C21H26N2O2. The van der Waals surface area contributed by atoms with Crippen molar-refractivity contribution in [3.05, 3.63) is 60.1 Å². The van der Waals surface area contributed by atoms with Crippen LogP contribution in [0, 0.1) is 0 Å². The van der Waals surface area contributed by atoms with E-state index in [1.54, 1.807) is 6.26 Å². The van der Waals surface area contributed by atoms with Crippen molar-refractivity contribution < 1.29 is 9.21 Å². The summed E-state index contributed by atoms with van der Waals surface area (Å²) in [7, 11) is 0. The van der Waals surface area contributed by atoms with Crippen LogP contribution in [0.2, 0.25) is 0 Å². The Labute approximate surface area is 149 Å². The van der Waals surface area contributed by atoms with E-state index in [1.165, 1.54) is 19.3 Å². The molecule has 1 saturated heterocycles. The second kappa shape index (κ2) is 7.04. The fourth-order valence-electron chi connectivity index (χ4n) is 4.01. The smallest absolute Gasteiger partial charge is 0.230 e. The van der Waals surface area contributed by atoms with E-state index < -0.39 is 0 Å². The lowest BCUT2D eigenvalue weighted by Crippen LogP contribution is -2.43. The molecule has 132 valence electrons. The summed E-state index contributed by atoms with van der Waals surface area (Å²) in [6.07, 6.45) is 7.35. The molecule has 25 heavy (non-hydrogen) atoms. The Bertz CT molecular complexity index is 686. The summed E-state index contributed by atoms with van der Waals surface area (Å²) in [5, 5.41) is 3.23. The molecule has 1 N–H and O–H groups in total. The Morgan fingerprint density at radius 1 is 1.08 bits per heavy atom. The van der Waals surface area contributed by atoms with E-state index in [9.17, 15) is 4.79 Å². The largest absolute Gasteiger partial charge is 0.468 e. The van der Waals surface area contributed by atoms with Crippen LogP contribution in [0.4, 0.5) is 0 Å². The van der Waals surface area contributed by atoms with Gasteiger partial charge in [-0.3, -0.25) is 9.69 Å². The minimum absolute atomic E-state index is 0.130. The van der Waals surface area contributed by atoms with Gasteiger partial charge in [0.2, 0.25) is 5.91 Å². The maximum atomic E-state index is 12.9. The van der Waals surface area contributed by atoms with Gasteiger partial charge in [-0.2, -0.15) is 0 Å². The van der Waals surface area contributed by atoms with Crippen LogP contribution < -0.4 is 5.32 Å². The summed E-state index contributed by atoms with van der Waals surface area (Å²) >= 11 is 0. The molecule has 4 nitrogen and oxygen atoms in total. The zero-order chi connectivity index (χ0) is 17.1. The lowest BCUT2D eigenvalue weighted by molar-refractivity contribution is -0.123. The molecule has 1 aliphatic heterocycles. The minimum Gasteiger partial charge on any atom is -0.468 e. The van der Waals surface area contributed by atoms with Gasteiger partial charge in [-0.05, 0) is 56.5 Å². The topological polar surface area (TPSA) is 45.5 Å². The van der Waals surface area contributed by atoms with Crippen molar-refractivity contribution in [1.82, 2.24) is 10.2 Å². The maximum Gasteiger partial charge on any atom is 0.230 e. The molecule has 2 fully saturated rings. The van der Waals surface area contributed by atoms with Crippen LogP contribution in [-0.2, 0) is 10.2 Å². The number of benzene rings is 1. The molecule has 2 aliphatic rings. The van der Waals surface area contributed by atoms with Crippen LogP contribution >= 0.6 is 0 Å². The standard InChI is InChI=1S/C21H26N2O2/c24-20(21(11-12-21)17-8-3-1-4-9-17)22-16-18(19-10-7-15-25-19)23-13-5-2-6-14-23/h1,3-4,7-10,15,18H,2,5-6,11-14,16H2,(H,22,24). The molecule has 1 aliphatic carbocycles. The van der Waals surface area contributed by atoms with Crippen LogP contribution in [0.3, 0.4) is 0 Å². The van der Waals surface area contributed by atoms with Gasteiger partial charge in [0.25, 0.3) is 0 Å². The highest BCUT2D eigenvalue weighted by atomic mass is 16.3. The normalized spacial score (nSPS) is 20.8. The summed E-state index contributed by atoms with van der Waals surface area (Å²) in [5.41, 5.74) is 0.830. The molecule has 1 aromatic heterocycles. The first kappa shape index (κ1) is 16.4. The average Bonchev–Trinajstić information content (AvgIpc) is 3.32. The zero-order valence-corrected chi connectivity index (χ0v) is 14.6. The first-order valence-corrected chi connectivity index (χ1v) is 9.41. The number of hydrogen-bond donors (Lipinski definition) is 1. The highest BCUT2D eigenvalue weighted by molar-refractivity contribution is 5.91. The van der Waals surface area contributed by atoms with Crippen LogP contribution in [-0.4, -0.2) is 30.4 Å². The SMILES string of the molecule is O=C(NCC(c1ccco1)N1CCCCC1)C1(c2ccccc2)CC1. The first-order chi connectivity index (χ1) is 12.3. The van der Waals surface area contributed by atoms with E-state index in [-0.39, 0.29) is 17.4 Å². The second-order valence-corrected chi connectivity index (χ2v) is 7.29. The average molecular weight is 338 g/mol. The van der Waals surface area contributed by atoms with E-state index in [1.807, 2.05) is 30.3 Å². The molecule has 1 saturated carbocycles. The van der Waals surface area contributed by atoms with Gasteiger partial charge < -0.3 is 9.73 Å². The van der Waals surface area contributed by atoms with E-state index in [0.29, 0.717) is 6.54 Å². The Hall–Kier alpha value is -2.07. The summed E-state index contributed by atoms with van der Waals surface area (Å²) in [5.74, 6) is 1.11. The summed E-state index contributed by atoms with van der Waals surface area (Å²) in [4.78, 5) is 15.4. The predicted molar refractivity (Wildman–Crippen MR) is 97.2 cm³/mol. The van der Waals surface area contributed by atoms with Crippen LogP contribution in [0.15, 0.2) is 53.1 Å². The first-order valence-electron chi connectivity index (χ1n) is 9.41. The Morgan fingerprint density at radius 2 is 1.84 bits per heavy atom. The molecule has 0 bridgehead atoms. The van der Waals surface area contributed by atoms with Crippen LogP contribution in [0.25, 0.3) is 0 Å². The number of carbonyl (C=O) groups is 1. The number of nitrogens with zero attached hydrogens (tertiary/aromatic N) is 1. The predicted octanol–water partition coefficient (Wildman–Crippen LogP) is 3.65. The van der Waals surface area contributed by atoms with Crippen molar-refractivity contribution >= 4 is 5.91 Å². The molecule has 4 heteroatoms. The summed E-state index contributed by atoms with van der Waals surface area (Å²) < 4.78 is 5.67. The number of hydrogen-bond acceptors (Lipinski definition) is 3. The second-order valence-electron chi connectivity index (χ2n) is 7.29. The lowest BCUT2D eigenvalue weighted by Gasteiger charge is -2.33. The summed E-state index contributed by atoms with van der Waals surface area (Å²) in [6, 6.07) is 14.3. The number of rotatable bonds is 6. The van der Waals surface area contributed by atoms with Crippen molar-refractivity contribution in [2.45, 2.75) is 43.6 Å². The minimum atomic E-state index is -0.309. The van der Waals surface area contributed by atoms with Gasteiger partial charge in [-0.25, -0.2) is 0 Å². The number of amides is 1. The fraction of sp³-hybridized carbons (Fsp3) is 0.476. The third kappa shape index (κ3) is 3.36. The third-order valence-electron chi connectivity index (χ3n) is 5.67. The van der Waals surface area contributed by atoms with Gasteiger partial charge in [-0.1, -0.05) is 36.8 Å². The molecule has 2 aromatic rings. The fourth-order valence-corrected chi connectivity index (χ4v) is 4.01. The van der Waals surface area contributed by atoms with E-state index in [4.69, 9.17) is 4.42 Å². The highest BCUT2D eigenvalue weighted by Crippen LogP contribution is 2.48. The molecule has 1 unspecified atom stereocenters. The van der Waals surface area contributed by atoms with E-state index >= 15 is 0 Å². The Morgan fingerprint density at radius 3 is 2.48 bits per heavy atom. The molecule has 1 aromatic carbocycles. The third-order valence-corrected chi connectivity index (χ3v) is 5.67. The number of likely N-dealkylation sites (tertiary alicyclic amines) is 1. The molecule has 4 rings (SSSR count). The lowest BCUT2D eigenvalue weighted by atomic mass is 9.95. The molecule has 2 heterocycles. The van der Waals surface area contributed by atoms with Crippen LogP contribution in [0.1, 0.15) is 49.5 Å². The van der Waals surface area contributed by atoms with Gasteiger partial charge in [0.1, 0.15) is 5.76 Å². The highest BCUT2D eigenvalue weighted by Gasteiger charge is 2.51. The van der Waals surface area contributed by atoms with Gasteiger partial charge in [0.15, 0.2) is 0 Å². The summed E-state index contributed by atoms with van der Waals surface area (Å²) in [6.45, 7) is 2.76. The Balaban J connectivity index is 1.45. The van der Waals surface area contributed by atoms with Gasteiger partial charge in [0.05, 0.1) is 17.7 Å². The quantitative estimate of drug-likeness (QED) is 0.874. The van der Waals surface area contributed by atoms with Gasteiger partial charge >= 0.3 is 0 Å². The number of nitrogens with one attached hydrogen (secondary N) is 1. The van der Waals surface area contributed by atoms with Crippen molar-refractivity contribution in [1.29, 1.82) is 0 Å². The molecule has 1 atom stereocenters. The zero-order valence-electron chi connectivity index (χ0n) is 14.6. The number of piperidine rings is 1. The van der Waals surface area contributed by atoms with Crippen molar-refractivity contribution in [2.24, 2.45) is 0 Å².